The Morgan fingerprint density at radius 2 is 1.71 bits per heavy atom. The van der Waals surface area contributed by atoms with Crippen LogP contribution in [0.4, 0.5) is 4.79 Å². The van der Waals surface area contributed by atoms with Crippen molar-refractivity contribution in [1.82, 2.24) is 25.1 Å². The molecule has 0 spiro atoms. The molecule has 3 amide bonds. The van der Waals surface area contributed by atoms with E-state index < -0.39 is 29.9 Å². The molecular formula is C26H33N5O6S. The molecule has 1 aliphatic heterocycles. The molecule has 1 unspecified atom stereocenters. The summed E-state index contributed by atoms with van der Waals surface area (Å²) >= 11 is 1.48. The summed E-state index contributed by atoms with van der Waals surface area (Å²) < 4.78 is 5.01. The van der Waals surface area contributed by atoms with E-state index >= 15 is 0 Å². The predicted octanol–water partition coefficient (Wildman–Crippen LogP) is 2.91. The molecule has 1 fully saturated rings. The summed E-state index contributed by atoms with van der Waals surface area (Å²) in [6, 6.07) is 9.76. The minimum Gasteiger partial charge on any atom is -0.481 e. The number of rotatable bonds is 10. The summed E-state index contributed by atoms with van der Waals surface area (Å²) in [6.45, 7) is 7.06. The Kier molecular flexibility index (Phi) is 10.5. The van der Waals surface area contributed by atoms with Crippen molar-refractivity contribution < 1.29 is 29.0 Å². The number of carbonyl (C=O) groups is 4. The highest BCUT2D eigenvalue weighted by Gasteiger charge is 2.31. The number of hydrogen-bond acceptors (Lipinski definition) is 8. The van der Waals surface area contributed by atoms with Gasteiger partial charge in [0.1, 0.15) is 16.8 Å². The minimum atomic E-state index is -1.08. The molecule has 12 heteroatoms. The summed E-state index contributed by atoms with van der Waals surface area (Å²) in [4.78, 5) is 62.0. The first-order valence-corrected chi connectivity index (χ1v) is 13.4. The molecule has 204 valence electrons. The maximum absolute atomic E-state index is 13.3. The molecule has 1 saturated heterocycles. The summed E-state index contributed by atoms with van der Waals surface area (Å²) in [5.74, 6) is -1.69. The van der Waals surface area contributed by atoms with Gasteiger partial charge in [0.15, 0.2) is 5.82 Å². The molecule has 38 heavy (non-hydrogen) atoms. The van der Waals surface area contributed by atoms with Crippen molar-refractivity contribution in [3.63, 3.8) is 0 Å². The molecule has 1 aromatic heterocycles. The van der Waals surface area contributed by atoms with Gasteiger partial charge in [-0.3, -0.25) is 14.4 Å². The van der Waals surface area contributed by atoms with Gasteiger partial charge in [-0.15, -0.1) is 11.8 Å². The SMILES string of the molecule is CCOC(=O)N1CCN(C(=O)C(CCC(=O)O)NC(=O)c2cc(SC(C)C)nc(-c3ccccc3)n2)CC1. The van der Waals surface area contributed by atoms with Gasteiger partial charge in [0.05, 0.1) is 6.61 Å². The van der Waals surface area contributed by atoms with Crippen LogP contribution in [-0.4, -0.2) is 92.8 Å². The predicted molar refractivity (Wildman–Crippen MR) is 142 cm³/mol. The van der Waals surface area contributed by atoms with Gasteiger partial charge < -0.3 is 25.0 Å². The second-order valence-electron chi connectivity index (χ2n) is 8.92. The first-order chi connectivity index (χ1) is 18.2. The zero-order valence-corrected chi connectivity index (χ0v) is 22.6. The number of ether oxygens (including phenoxy) is 1. The molecule has 0 saturated carbocycles. The number of amides is 3. The topological polar surface area (TPSA) is 142 Å². The van der Waals surface area contributed by atoms with Gasteiger partial charge >= 0.3 is 12.1 Å². The van der Waals surface area contributed by atoms with Gasteiger partial charge in [0, 0.05) is 49.5 Å². The highest BCUT2D eigenvalue weighted by molar-refractivity contribution is 7.99. The number of hydrogen-bond donors (Lipinski definition) is 2. The molecule has 2 heterocycles. The van der Waals surface area contributed by atoms with Crippen LogP contribution in [0.2, 0.25) is 0 Å². The number of aromatic nitrogens is 2. The minimum absolute atomic E-state index is 0.0811. The Labute approximate surface area is 226 Å². The largest absolute Gasteiger partial charge is 0.481 e. The Morgan fingerprint density at radius 3 is 2.32 bits per heavy atom. The van der Waals surface area contributed by atoms with E-state index in [9.17, 15) is 24.3 Å². The second-order valence-corrected chi connectivity index (χ2v) is 10.5. The Balaban J connectivity index is 1.79. The smallest absolute Gasteiger partial charge is 0.409 e. The van der Waals surface area contributed by atoms with Crippen molar-refractivity contribution in [1.29, 1.82) is 0 Å². The van der Waals surface area contributed by atoms with Gasteiger partial charge in [-0.2, -0.15) is 0 Å². The van der Waals surface area contributed by atoms with E-state index in [0.29, 0.717) is 10.9 Å². The molecule has 1 aliphatic rings. The third-order valence-electron chi connectivity index (χ3n) is 5.69. The average molecular weight is 544 g/mol. The van der Waals surface area contributed by atoms with Crippen molar-refractivity contribution in [2.45, 2.75) is 49.9 Å². The van der Waals surface area contributed by atoms with Crippen LogP contribution in [0.5, 0.6) is 0 Å². The van der Waals surface area contributed by atoms with Crippen molar-refractivity contribution in [3.8, 4) is 11.4 Å². The lowest BCUT2D eigenvalue weighted by molar-refractivity contribution is -0.138. The number of carboxylic acid groups (broad SMARTS) is 1. The maximum atomic E-state index is 13.3. The Hall–Kier alpha value is -3.67. The zero-order valence-electron chi connectivity index (χ0n) is 21.8. The lowest BCUT2D eigenvalue weighted by Gasteiger charge is -2.35. The van der Waals surface area contributed by atoms with Gasteiger partial charge in [0.2, 0.25) is 5.91 Å². The van der Waals surface area contributed by atoms with Gasteiger partial charge in [0.25, 0.3) is 5.91 Å². The number of nitrogens with one attached hydrogen (secondary N) is 1. The van der Waals surface area contributed by atoms with Crippen molar-refractivity contribution in [3.05, 3.63) is 42.1 Å². The highest BCUT2D eigenvalue weighted by Crippen LogP contribution is 2.25. The standard InChI is InChI=1S/C26H33N5O6S/c1-4-37-26(36)31-14-12-30(13-15-31)25(35)19(10-11-22(32)33)28-24(34)20-16-21(38-17(2)3)29-23(27-20)18-8-6-5-7-9-18/h5-9,16-17,19H,4,10-15H2,1-3H3,(H,28,34)(H,32,33). The number of carboxylic acids is 1. The van der Waals surface area contributed by atoms with Crippen LogP contribution in [0.25, 0.3) is 11.4 Å². The van der Waals surface area contributed by atoms with Gasteiger partial charge in [-0.05, 0) is 13.3 Å². The molecule has 1 aromatic carbocycles. The fourth-order valence-corrected chi connectivity index (χ4v) is 4.66. The molecular weight excluding hydrogens is 510 g/mol. The van der Waals surface area contributed by atoms with E-state index in [1.165, 1.54) is 21.6 Å². The Morgan fingerprint density at radius 1 is 1.05 bits per heavy atom. The number of nitrogens with zero attached hydrogens (tertiary/aromatic N) is 4. The van der Waals surface area contributed by atoms with E-state index in [2.05, 4.69) is 15.3 Å². The number of piperazine rings is 1. The van der Waals surface area contributed by atoms with Gasteiger partial charge in [-0.25, -0.2) is 14.8 Å². The lowest BCUT2D eigenvalue weighted by Crippen LogP contribution is -2.56. The van der Waals surface area contributed by atoms with Crippen LogP contribution < -0.4 is 5.32 Å². The van der Waals surface area contributed by atoms with Crippen molar-refractivity contribution in [2.24, 2.45) is 0 Å². The first kappa shape index (κ1) is 28.9. The van der Waals surface area contributed by atoms with E-state index in [-0.39, 0.29) is 56.6 Å². The number of thioether (sulfide) groups is 1. The summed E-state index contributed by atoms with van der Waals surface area (Å²) in [5, 5.41) is 12.7. The third-order valence-corrected chi connectivity index (χ3v) is 6.61. The highest BCUT2D eigenvalue weighted by atomic mass is 32.2. The third kappa shape index (κ3) is 8.17. The lowest BCUT2D eigenvalue weighted by atomic mass is 10.1. The van der Waals surface area contributed by atoms with Gasteiger partial charge in [-0.1, -0.05) is 44.2 Å². The average Bonchev–Trinajstić information content (AvgIpc) is 2.90. The van der Waals surface area contributed by atoms with Crippen molar-refractivity contribution >= 4 is 35.6 Å². The van der Waals surface area contributed by atoms with E-state index in [4.69, 9.17) is 4.74 Å². The van der Waals surface area contributed by atoms with Crippen molar-refractivity contribution in [2.75, 3.05) is 32.8 Å². The molecule has 11 nitrogen and oxygen atoms in total. The van der Waals surface area contributed by atoms with E-state index in [1.807, 2.05) is 44.2 Å². The quantitative estimate of drug-likeness (QED) is 0.342. The van der Waals surface area contributed by atoms with Crippen LogP contribution in [0, 0.1) is 0 Å². The van der Waals surface area contributed by atoms with Crippen LogP contribution in [-0.2, 0) is 14.3 Å². The van der Waals surface area contributed by atoms with Crippen LogP contribution >= 0.6 is 11.8 Å². The molecule has 0 radical (unpaired) electrons. The van der Waals surface area contributed by atoms with E-state index in [1.54, 1.807) is 13.0 Å². The second kappa shape index (κ2) is 13.8. The molecule has 0 bridgehead atoms. The molecule has 2 N–H and O–H groups in total. The number of carbonyl (C=O) groups excluding carboxylic acids is 3. The maximum Gasteiger partial charge on any atom is 0.409 e. The fourth-order valence-electron chi connectivity index (χ4n) is 3.86. The summed E-state index contributed by atoms with van der Waals surface area (Å²) in [5.41, 5.74) is 0.827. The first-order valence-electron chi connectivity index (χ1n) is 12.5. The zero-order chi connectivity index (χ0) is 27.7. The molecule has 1 atom stereocenters. The Bertz CT molecular complexity index is 1140. The number of benzene rings is 1. The molecule has 0 aliphatic carbocycles. The number of aliphatic carboxylic acids is 1. The molecule has 3 rings (SSSR count). The fraction of sp³-hybridized carbons (Fsp3) is 0.462. The van der Waals surface area contributed by atoms with E-state index in [0.717, 1.165) is 5.56 Å². The van der Waals surface area contributed by atoms with Crippen LogP contribution in [0.1, 0.15) is 44.1 Å². The molecule has 2 aromatic rings. The monoisotopic (exact) mass is 543 g/mol. The summed E-state index contributed by atoms with van der Waals surface area (Å²) in [6.07, 6.45) is -0.821. The summed E-state index contributed by atoms with van der Waals surface area (Å²) in [7, 11) is 0. The van der Waals surface area contributed by atoms with Crippen LogP contribution in [0.3, 0.4) is 0 Å². The van der Waals surface area contributed by atoms with Crippen LogP contribution in [0.15, 0.2) is 41.4 Å². The normalized spacial score (nSPS) is 14.2.